The summed E-state index contributed by atoms with van der Waals surface area (Å²) in [7, 11) is 0. The van der Waals surface area contributed by atoms with E-state index in [1.165, 1.54) is 4.90 Å². The van der Waals surface area contributed by atoms with E-state index in [0.29, 0.717) is 41.6 Å². The summed E-state index contributed by atoms with van der Waals surface area (Å²) in [5, 5.41) is 15.8. The average Bonchev–Trinajstić information content (AvgIpc) is 3.48. The standard InChI is InChI=1S/C27H29BrClN3O6/c1-2-37-18-10-8-17(9-11-18)30-24(34)20-21-26(36)32(12-3-13-33)23(27(21)14-19(28)22(20)38-27)25(35)31-16-6-4-15(29)5-7-16/h4-11,19-23,33H,2-3,12-14H2,1H3,(H,30,34)(H,31,35)/t19?,20-,21-,22-,23?,27?/m0/s1. The molecule has 1 spiro atoms. The Morgan fingerprint density at radius 3 is 2.39 bits per heavy atom. The number of alkyl halides is 1. The highest BCUT2D eigenvalue weighted by molar-refractivity contribution is 9.09. The Balaban J connectivity index is 1.43. The number of ether oxygens (including phenoxy) is 2. The van der Waals surface area contributed by atoms with Gasteiger partial charge in [0.2, 0.25) is 17.7 Å². The maximum atomic E-state index is 13.8. The van der Waals surface area contributed by atoms with Gasteiger partial charge in [-0.1, -0.05) is 27.5 Å². The summed E-state index contributed by atoms with van der Waals surface area (Å²) in [6, 6.07) is 12.7. The Morgan fingerprint density at radius 2 is 1.76 bits per heavy atom. The maximum Gasteiger partial charge on any atom is 0.250 e. The largest absolute Gasteiger partial charge is 0.494 e. The van der Waals surface area contributed by atoms with Gasteiger partial charge in [-0.15, -0.1) is 0 Å². The molecule has 2 bridgehead atoms. The van der Waals surface area contributed by atoms with Gasteiger partial charge in [0.1, 0.15) is 17.4 Å². The first-order chi connectivity index (χ1) is 18.3. The number of aliphatic hydroxyl groups is 1. The van der Waals surface area contributed by atoms with E-state index in [0.717, 1.165) is 0 Å². The van der Waals surface area contributed by atoms with E-state index >= 15 is 0 Å². The van der Waals surface area contributed by atoms with Gasteiger partial charge in [0.05, 0.1) is 24.5 Å². The summed E-state index contributed by atoms with van der Waals surface area (Å²) in [4.78, 5) is 42.4. The third kappa shape index (κ3) is 4.68. The van der Waals surface area contributed by atoms with Gasteiger partial charge in [0, 0.05) is 34.4 Å². The summed E-state index contributed by atoms with van der Waals surface area (Å²) in [5.74, 6) is -2.00. The number of rotatable bonds is 9. The molecule has 3 fully saturated rings. The first-order valence-electron chi connectivity index (χ1n) is 12.6. The molecule has 3 unspecified atom stereocenters. The van der Waals surface area contributed by atoms with Crippen LogP contribution in [0.25, 0.3) is 0 Å². The Hall–Kier alpha value is -2.66. The number of likely N-dealkylation sites (tertiary alicyclic amines) is 1. The molecule has 9 nitrogen and oxygen atoms in total. The maximum absolute atomic E-state index is 13.8. The lowest BCUT2D eigenvalue weighted by molar-refractivity contribution is -0.139. The number of anilines is 2. The number of hydrogen-bond donors (Lipinski definition) is 3. The molecule has 0 saturated carbocycles. The minimum Gasteiger partial charge on any atom is -0.494 e. The lowest BCUT2D eigenvalue weighted by atomic mass is 9.70. The Bertz CT molecular complexity index is 1210. The number of fused-ring (bicyclic) bond motifs is 1. The van der Waals surface area contributed by atoms with Gasteiger partial charge in [-0.05, 0) is 68.3 Å². The van der Waals surface area contributed by atoms with Crippen molar-refractivity contribution in [2.45, 2.75) is 42.3 Å². The van der Waals surface area contributed by atoms with E-state index in [4.69, 9.17) is 21.1 Å². The molecule has 11 heteroatoms. The van der Waals surface area contributed by atoms with Crippen molar-refractivity contribution in [2.24, 2.45) is 11.8 Å². The van der Waals surface area contributed by atoms with Crippen LogP contribution in [0.3, 0.4) is 0 Å². The van der Waals surface area contributed by atoms with Crippen molar-refractivity contribution in [1.82, 2.24) is 4.90 Å². The first-order valence-corrected chi connectivity index (χ1v) is 13.9. The van der Waals surface area contributed by atoms with Crippen molar-refractivity contribution in [2.75, 3.05) is 30.4 Å². The van der Waals surface area contributed by atoms with Gasteiger partial charge in [-0.25, -0.2) is 0 Å². The molecule has 202 valence electrons. The number of benzene rings is 2. The molecule has 3 heterocycles. The highest BCUT2D eigenvalue weighted by Gasteiger charge is 2.76. The van der Waals surface area contributed by atoms with Gasteiger partial charge in [-0.2, -0.15) is 0 Å². The molecule has 2 aromatic rings. The van der Waals surface area contributed by atoms with Gasteiger partial charge in [-0.3, -0.25) is 14.4 Å². The molecular weight excluding hydrogens is 578 g/mol. The first kappa shape index (κ1) is 26.9. The third-order valence-electron chi connectivity index (χ3n) is 7.44. The highest BCUT2D eigenvalue weighted by Crippen LogP contribution is 2.60. The highest BCUT2D eigenvalue weighted by atomic mass is 79.9. The normalized spacial score (nSPS) is 29.3. The van der Waals surface area contributed by atoms with Crippen LogP contribution in [0.4, 0.5) is 11.4 Å². The molecule has 0 aromatic heterocycles. The van der Waals surface area contributed by atoms with Crippen LogP contribution in [0.1, 0.15) is 19.8 Å². The minimum atomic E-state index is -1.18. The van der Waals surface area contributed by atoms with Crippen LogP contribution in [0.15, 0.2) is 48.5 Å². The van der Waals surface area contributed by atoms with E-state index < -0.39 is 35.5 Å². The van der Waals surface area contributed by atoms with E-state index in [1.54, 1.807) is 48.5 Å². The van der Waals surface area contributed by atoms with Crippen molar-refractivity contribution >= 4 is 56.6 Å². The zero-order valence-corrected chi connectivity index (χ0v) is 23.1. The number of carbonyl (C=O) groups excluding carboxylic acids is 3. The Morgan fingerprint density at radius 1 is 1.13 bits per heavy atom. The average molecular weight is 607 g/mol. The molecule has 3 N–H and O–H groups in total. The summed E-state index contributed by atoms with van der Waals surface area (Å²) in [6.07, 6.45) is 0.121. The fourth-order valence-corrected chi connectivity index (χ4v) is 7.05. The van der Waals surface area contributed by atoms with E-state index in [-0.39, 0.29) is 29.8 Å². The molecule has 3 saturated heterocycles. The van der Waals surface area contributed by atoms with Crippen molar-refractivity contribution in [3.63, 3.8) is 0 Å². The second kappa shape index (κ2) is 10.8. The molecule has 0 radical (unpaired) electrons. The van der Waals surface area contributed by atoms with Crippen LogP contribution in [0.2, 0.25) is 5.02 Å². The third-order valence-corrected chi connectivity index (χ3v) is 8.54. The summed E-state index contributed by atoms with van der Waals surface area (Å²) >= 11 is 9.63. The molecule has 5 rings (SSSR count). The number of amides is 3. The van der Waals surface area contributed by atoms with Gasteiger partial charge >= 0.3 is 0 Å². The number of hydrogen-bond acceptors (Lipinski definition) is 6. The van der Waals surface area contributed by atoms with Crippen LogP contribution >= 0.6 is 27.5 Å². The van der Waals surface area contributed by atoms with Gasteiger partial charge in [0.25, 0.3) is 0 Å². The van der Waals surface area contributed by atoms with Crippen LogP contribution in [-0.4, -0.2) is 70.1 Å². The number of nitrogens with one attached hydrogen (secondary N) is 2. The van der Waals surface area contributed by atoms with Crippen LogP contribution in [-0.2, 0) is 19.1 Å². The lowest BCUT2D eigenvalue weighted by Gasteiger charge is -2.34. The van der Waals surface area contributed by atoms with Gasteiger partial charge in [0.15, 0.2) is 0 Å². The zero-order valence-electron chi connectivity index (χ0n) is 20.7. The second-order valence-electron chi connectivity index (χ2n) is 9.72. The topological polar surface area (TPSA) is 117 Å². The number of nitrogens with zero attached hydrogens (tertiary/aromatic N) is 1. The molecular formula is C27H29BrClN3O6. The Labute approximate surface area is 233 Å². The molecule has 3 aliphatic heterocycles. The zero-order chi connectivity index (χ0) is 27.0. The summed E-state index contributed by atoms with van der Waals surface area (Å²) in [6.45, 7) is 2.45. The van der Waals surface area contributed by atoms with Crippen LogP contribution in [0.5, 0.6) is 5.75 Å². The molecule has 3 aliphatic rings. The van der Waals surface area contributed by atoms with Crippen LogP contribution in [0, 0.1) is 11.8 Å². The van der Waals surface area contributed by atoms with Crippen molar-refractivity contribution in [3.8, 4) is 5.75 Å². The van der Waals surface area contributed by atoms with Crippen LogP contribution < -0.4 is 15.4 Å². The predicted molar refractivity (Wildman–Crippen MR) is 145 cm³/mol. The van der Waals surface area contributed by atoms with E-state index in [2.05, 4.69) is 26.6 Å². The number of aliphatic hydroxyl groups excluding tert-OH is 1. The fourth-order valence-electron chi connectivity index (χ4n) is 5.98. The number of halogens is 2. The quantitative estimate of drug-likeness (QED) is 0.377. The monoisotopic (exact) mass is 605 g/mol. The number of carbonyl (C=O) groups is 3. The Kier molecular flexibility index (Phi) is 7.68. The predicted octanol–water partition coefficient (Wildman–Crippen LogP) is 3.45. The second-order valence-corrected chi connectivity index (χ2v) is 11.3. The van der Waals surface area contributed by atoms with Crippen molar-refractivity contribution in [3.05, 3.63) is 53.6 Å². The molecule has 38 heavy (non-hydrogen) atoms. The fraction of sp³-hybridized carbons (Fsp3) is 0.444. The van der Waals surface area contributed by atoms with Crippen molar-refractivity contribution < 1.29 is 29.0 Å². The van der Waals surface area contributed by atoms with E-state index in [1.807, 2.05) is 6.92 Å². The molecule has 6 atom stereocenters. The lowest BCUT2D eigenvalue weighted by Crippen LogP contribution is -2.54. The molecule has 3 amide bonds. The molecule has 0 aliphatic carbocycles. The summed E-state index contributed by atoms with van der Waals surface area (Å²) < 4.78 is 11.9. The smallest absolute Gasteiger partial charge is 0.250 e. The van der Waals surface area contributed by atoms with E-state index in [9.17, 15) is 19.5 Å². The minimum absolute atomic E-state index is 0.140. The molecule has 2 aromatic carbocycles. The van der Waals surface area contributed by atoms with Crippen molar-refractivity contribution in [1.29, 1.82) is 0 Å². The SMILES string of the molecule is CCOc1ccc(NC(=O)[C@H]2[C@H]3C(=O)N(CCCO)C(C(=O)Nc4ccc(Cl)cc4)C34CC(Br)[C@@H]2O4)cc1. The van der Waals surface area contributed by atoms with Gasteiger partial charge < -0.3 is 30.1 Å². The summed E-state index contributed by atoms with van der Waals surface area (Å²) in [5.41, 5.74) is -0.0783.